The summed E-state index contributed by atoms with van der Waals surface area (Å²) in [5.41, 5.74) is 4.23. The van der Waals surface area contributed by atoms with Crippen molar-refractivity contribution in [1.29, 1.82) is 0 Å². The number of nitrogens with zero attached hydrogens (tertiary/aromatic N) is 3. The molecular weight excluding hydrogens is 455 g/mol. The van der Waals surface area contributed by atoms with Crippen LogP contribution < -0.4 is 16.0 Å². The number of anilines is 2. The summed E-state index contributed by atoms with van der Waals surface area (Å²) >= 11 is 0. The Labute approximate surface area is 203 Å². The first-order valence-electron chi connectivity index (χ1n) is 11.3. The van der Waals surface area contributed by atoms with Crippen LogP contribution in [0.4, 0.5) is 24.5 Å². The minimum absolute atomic E-state index is 0.514. The van der Waals surface area contributed by atoms with Crippen LogP contribution >= 0.6 is 0 Å². The minimum atomic E-state index is -4.28. The number of pyridine rings is 2. The van der Waals surface area contributed by atoms with Gasteiger partial charge in [-0.15, -0.1) is 0 Å². The Hall–Kier alpha value is -3.66. The average Bonchev–Trinajstić information content (AvgIpc) is 3.30. The molecule has 7 nitrogen and oxygen atoms in total. The van der Waals surface area contributed by atoms with Gasteiger partial charge in [0.25, 0.3) is 0 Å². The lowest BCUT2D eigenvalue weighted by Crippen LogP contribution is -2.28. The second kappa shape index (κ2) is 12.2. The zero-order valence-corrected chi connectivity index (χ0v) is 19.6. The highest BCUT2D eigenvalue weighted by atomic mass is 19.4. The Balaban J connectivity index is 0.000000261. The summed E-state index contributed by atoms with van der Waals surface area (Å²) in [6.45, 7) is 11.5. The van der Waals surface area contributed by atoms with Gasteiger partial charge in [-0.25, -0.2) is 0 Å². The number of halogens is 3. The summed E-state index contributed by atoms with van der Waals surface area (Å²) in [6.07, 6.45) is 6.61. The van der Waals surface area contributed by atoms with E-state index >= 15 is 0 Å². The van der Waals surface area contributed by atoms with Gasteiger partial charge in [-0.1, -0.05) is 13.2 Å². The van der Waals surface area contributed by atoms with Crippen LogP contribution in [-0.4, -0.2) is 33.3 Å². The van der Waals surface area contributed by atoms with Crippen molar-refractivity contribution in [1.82, 2.24) is 25.5 Å². The van der Waals surface area contributed by atoms with E-state index in [1.807, 2.05) is 12.3 Å². The zero-order chi connectivity index (χ0) is 25.3. The quantitative estimate of drug-likeness (QED) is 0.359. The molecule has 0 saturated carbocycles. The maximum atomic E-state index is 11.9. The highest BCUT2D eigenvalue weighted by Gasteiger charge is 2.30. The van der Waals surface area contributed by atoms with Gasteiger partial charge in [-0.05, 0) is 75.2 Å². The summed E-state index contributed by atoms with van der Waals surface area (Å²) < 4.78 is 35.8. The van der Waals surface area contributed by atoms with Crippen molar-refractivity contribution in [2.75, 3.05) is 23.7 Å². The summed E-state index contributed by atoms with van der Waals surface area (Å²) in [5.74, 6) is 0.741. The Morgan fingerprint density at radius 2 is 1.94 bits per heavy atom. The number of piperidine rings is 1. The summed E-state index contributed by atoms with van der Waals surface area (Å²) in [7, 11) is 0. The first-order valence-corrected chi connectivity index (χ1v) is 11.3. The van der Waals surface area contributed by atoms with Gasteiger partial charge in [0.1, 0.15) is 5.69 Å². The Kier molecular flexibility index (Phi) is 9.02. The molecule has 0 spiro atoms. The number of aromatic nitrogens is 4. The fourth-order valence-corrected chi connectivity index (χ4v) is 3.68. The molecule has 1 aliphatic heterocycles. The average molecular weight is 486 g/mol. The van der Waals surface area contributed by atoms with Gasteiger partial charge in [-0.2, -0.15) is 18.3 Å². The first kappa shape index (κ1) is 26.0. The maximum Gasteiger partial charge on any atom is 0.417 e. The normalized spacial score (nSPS) is 13.9. The number of aryl methyl sites for hydroxylation is 1. The van der Waals surface area contributed by atoms with Crippen LogP contribution in [0.25, 0.3) is 5.70 Å². The third kappa shape index (κ3) is 7.96. The Bertz CT molecular complexity index is 1100. The summed E-state index contributed by atoms with van der Waals surface area (Å²) in [4.78, 5) is 8.01. The lowest BCUT2D eigenvalue weighted by Gasteiger charge is -2.22. The van der Waals surface area contributed by atoms with Crippen molar-refractivity contribution >= 4 is 17.1 Å². The van der Waals surface area contributed by atoms with Crippen LogP contribution in [0.2, 0.25) is 0 Å². The highest BCUT2D eigenvalue weighted by Crippen LogP contribution is 2.28. The molecule has 4 heterocycles. The summed E-state index contributed by atoms with van der Waals surface area (Å²) in [6, 6.07) is 5.20. The minimum Gasteiger partial charge on any atom is -0.359 e. The number of hydrogen-bond donors (Lipinski definition) is 4. The van der Waals surface area contributed by atoms with Crippen LogP contribution in [0.15, 0.2) is 62.3 Å². The lowest BCUT2D eigenvalue weighted by atomic mass is 9.93. The molecule has 3 aromatic heterocycles. The van der Waals surface area contributed by atoms with Crippen molar-refractivity contribution < 1.29 is 13.2 Å². The van der Waals surface area contributed by atoms with Gasteiger partial charge < -0.3 is 16.0 Å². The van der Waals surface area contributed by atoms with Gasteiger partial charge in [0, 0.05) is 18.1 Å². The molecular formula is C25H30F3N7. The number of aromatic amines is 1. The van der Waals surface area contributed by atoms with E-state index in [2.05, 4.69) is 55.3 Å². The summed E-state index contributed by atoms with van der Waals surface area (Å²) in [5, 5.41) is 16.6. The molecule has 0 radical (unpaired) electrons. The van der Waals surface area contributed by atoms with E-state index in [0.29, 0.717) is 5.56 Å². The topological polar surface area (TPSA) is 90.5 Å². The second-order valence-electron chi connectivity index (χ2n) is 8.30. The van der Waals surface area contributed by atoms with E-state index in [4.69, 9.17) is 0 Å². The monoisotopic (exact) mass is 485 g/mol. The smallest absolute Gasteiger partial charge is 0.359 e. The molecule has 0 bridgehead atoms. The first-order chi connectivity index (χ1) is 16.8. The van der Waals surface area contributed by atoms with E-state index < -0.39 is 11.7 Å². The molecule has 186 valence electrons. The molecule has 35 heavy (non-hydrogen) atoms. The van der Waals surface area contributed by atoms with Gasteiger partial charge in [0.05, 0.1) is 35.0 Å². The van der Waals surface area contributed by atoms with Crippen LogP contribution in [0.3, 0.4) is 0 Å². The van der Waals surface area contributed by atoms with Crippen molar-refractivity contribution in [2.24, 2.45) is 5.92 Å². The second-order valence-corrected chi connectivity index (χ2v) is 8.30. The SMILES string of the molecule is C=CNc1cn[nH]c1C(=C)Nc1ccc(CC2CCNCC2)nc1.Cc1cncc(C(F)(F)F)c1. The highest BCUT2D eigenvalue weighted by molar-refractivity contribution is 5.79. The molecule has 1 saturated heterocycles. The molecule has 0 aliphatic carbocycles. The van der Waals surface area contributed by atoms with Gasteiger partial charge in [0.15, 0.2) is 0 Å². The predicted octanol–water partition coefficient (Wildman–Crippen LogP) is 5.39. The van der Waals surface area contributed by atoms with Crippen molar-refractivity contribution in [2.45, 2.75) is 32.4 Å². The number of H-pyrrole nitrogens is 1. The molecule has 10 heteroatoms. The number of nitrogens with one attached hydrogen (secondary N) is 4. The number of rotatable bonds is 7. The Morgan fingerprint density at radius 1 is 1.17 bits per heavy atom. The molecule has 4 N–H and O–H groups in total. The van der Waals surface area contributed by atoms with E-state index in [0.717, 1.165) is 66.2 Å². The van der Waals surface area contributed by atoms with Crippen LogP contribution in [-0.2, 0) is 12.6 Å². The molecule has 1 aliphatic rings. The molecule has 0 aromatic carbocycles. The fourth-order valence-electron chi connectivity index (χ4n) is 3.68. The Morgan fingerprint density at radius 3 is 2.54 bits per heavy atom. The van der Waals surface area contributed by atoms with Crippen molar-refractivity contribution in [3.05, 3.63) is 84.9 Å². The molecule has 0 amide bonds. The largest absolute Gasteiger partial charge is 0.417 e. The third-order valence-corrected chi connectivity index (χ3v) is 5.48. The maximum absolute atomic E-state index is 11.9. The van der Waals surface area contributed by atoms with Crippen LogP contribution in [0.5, 0.6) is 0 Å². The van der Waals surface area contributed by atoms with Gasteiger partial charge >= 0.3 is 6.18 Å². The van der Waals surface area contributed by atoms with Gasteiger partial charge in [-0.3, -0.25) is 15.1 Å². The molecule has 4 rings (SSSR count). The van der Waals surface area contributed by atoms with Crippen LogP contribution in [0.1, 0.15) is 35.4 Å². The lowest BCUT2D eigenvalue weighted by molar-refractivity contribution is -0.137. The zero-order valence-electron chi connectivity index (χ0n) is 19.6. The fraction of sp³-hybridized carbons (Fsp3) is 0.320. The molecule has 0 atom stereocenters. The van der Waals surface area contributed by atoms with E-state index in [9.17, 15) is 13.2 Å². The van der Waals surface area contributed by atoms with E-state index in [-0.39, 0.29) is 0 Å². The van der Waals surface area contributed by atoms with Crippen LogP contribution in [0, 0.1) is 12.8 Å². The van der Waals surface area contributed by atoms with E-state index in [1.165, 1.54) is 19.0 Å². The van der Waals surface area contributed by atoms with E-state index in [1.54, 1.807) is 19.3 Å². The molecule has 0 unspecified atom stereocenters. The van der Waals surface area contributed by atoms with Gasteiger partial charge in [0.2, 0.25) is 0 Å². The number of hydrogen-bond acceptors (Lipinski definition) is 6. The van der Waals surface area contributed by atoms with Crippen molar-refractivity contribution in [3.63, 3.8) is 0 Å². The third-order valence-electron chi connectivity index (χ3n) is 5.48. The molecule has 1 fully saturated rings. The number of alkyl halides is 3. The molecule has 3 aromatic rings. The van der Waals surface area contributed by atoms with Crippen molar-refractivity contribution in [3.8, 4) is 0 Å². The standard InChI is InChI=1S/C18H24N6.C7H6F3N/c1-3-20-17-12-22-24-18(17)13(2)23-16-5-4-15(21-11-16)10-14-6-8-19-9-7-14;1-5-2-6(4-11-3-5)7(8,9)10/h3-5,11-12,14,19-20,23H,1-2,6-10H2,(H,22,24);2-4H,1H3. The predicted molar refractivity (Wildman–Crippen MR) is 133 cm³/mol.